The van der Waals surface area contributed by atoms with Crippen molar-refractivity contribution in [3.63, 3.8) is 0 Å². The quantitative estimate of drug-likeness (QED) is 0.157. The lowest BCUT2D eigenvalue weighted by atomic mass is 9.84. The van der Waals surface area contributed by atoms with Gasteiger partial charge in [-0.3, -0.25) is 0 Å². The van der Waals surface area contributed by atoms with Crippen molar-refractivity contribution in [2.24, 2.45) is 0 Å². The molecule has 1 atom stereocenters. The van der Waals surface area contributed by atoms with Crippen LogP contribution in [0, 0.1) is 40.5 Å². The third-order valence-corrected chi connectivity index (χ3v) is 18.1. The van der Waals surface area contributed by atoms with Crippen molar-refractivity contribution in [2.75, 3.05) is 23.9 Å². The summed E-state index contributed by atoms with van der Waals surface area (Å²) in [7, 11) is 4.26. The standard InChI is InChI=1S/C20H19N.C18H20.C14H16N.C13H17.C12H12.C6H12.C6H6.2C2H6/c1-16-10-6-8-14-19(16)21(2)20-15-9-7-13-18(20)17-11-4-3-5-12-17;1-3-7-15(8-4-1)17-11-13-18(14-12-17)16-9-5-2-6-10-16;1-12-8-6-7-11-14(12)15(2)13-9-4-3-5-10-13;1-11-6-5-8-12-7-3-2-4-9-13(11)10-12;1-9-5-3-7-11-8-4-6-10(2)12(9)11;2*1-2-4-6-5-3-1;2*1-2/h3-15H,1-2H3;1,3-4,7-8,11-14,16H,2,5-6,9-10H2;3-11,13H,1-2H3;5-6,8,10H,2-4,7,9H2,1H3;3-8H,1-2H3;1-6H2;1-6H;2*1-2H3. The van der Waals surface area contributed by atoms with E-state index < -0.39 is 0 Å². The van der Waals surface area contributed by atoms with Crippen LogP contribution in [0.25, 0.3) is 33.0 Å². The number of aryl methyl sites for hydroxylation is 4. The lowest BCUT2D eigenvalue weighted by molar-refractivity contribution is 0.443. The minimum Gasteiger partial charge on any atom is -0.367 e. The molecule has 0 N–H and O–H groups in total. The zero-order valence-electron chi connectivity index (χ0n) is 60.0. The van der Waals surface area contributed by atoms with Crippen LogP contribution in [0.1, 0.15) is 171 Å². The van der Waals surface area contributed by atoms with Crippen LogP contribution in [0.4, 0.5) is 17.1 Å². The topological polar surface area (TPSA) is 6.48 Å². The maximum atomic E-state index is 2.40. The van der Waals surface area contributed by atoms with Gasteiger partial charge in [-0.05, 0) is 153 Å². The molecule has 5 aliphatic carbocycles. The molecule has 9 aromatic carbocycles. The lowest BCUT2D eigenvalue weighted by Crippen LogP contribution is -2.31. The molecule has 496 valence electrons. The first-order valence-electron chi connectivity index (χ1n) is 36.1. The zero-order chi connectivity index (χ0) is 67.7. The van der Waals surface area contributed by atoms with Crippen LogP contribution in [-0.2, 0) is 0 Å². The molecule has 2 nitrogen and oxygen atoms in total. The van der Waals surface area contributed by atoms with Gasteiger partial charge in [-0.25, -0.2) is 0 Å². The summed E-state index contributed by atoms with van der Waals surface area (Å²) < 4.78 is 0. The van der Waals surface area contributed by atoms with Gasteiger partial charge in [0.25, 0.3) is 0 Å². The van der Waals surface area contributed by atoms with Crippen LogP contribution in [0.5, 0.6) is 0 Å². The van der Waals surface area contributed by atoms with Gasteiger partial charge in [-0.1, -0.05) is 363 Å². The fourth-order valence-electron chi connectivity index (χ4n) is 12.8. The Balaban J connectivity index is 0.000000179. The van der Waals surface area contributed by atoms with Gasteiger partial charge in [-0.15, -0.1) is 0 Å². The largest absolute Gasteiger partial charge is 0.367 e. The van der Waals surface area contributed by atoms with Crippen LogP contribution in [0.15, 0.2) is 290 Å². The number of rotatable bonds is 7. The second-order valence-electron chi connectivity index (χ2n) is 24.9. The molecule has 2 bridgehead atoms. The highest BCUT2D eigenvalue weighted by Gasteiger charge is 2.17. The normalized spacial score (nSPS) is 15.1. The maximum Gasteiger partial charge on any atom is 0.0542 e. The number of fused-ring (bicyclic) bond motifs is 3. The first-order valence-corrected chi connectivity index (χ1v) is 36.1. The Bertz CT molecular complexity index is 3610. The molecular formula is C93H114N2. The van der Waals surface area contributed by atoms with E-state index in [-0.39, 0.29) is 0 Å². The van der Waals surface area contributed by atoms with Crippen LogP contribution in [0.3, 0.4) is 0 Å². The van der Waals surface area contributed by atoms with Crippen LogP contribution in [0.2, 0.25) is 0 Å². The average molecular weight is 1260 g/mol. The van der Waals surface area contributed by atoms with Crippen molar-refractivity contribution >= 4 is 27.8 Å². The molecule has 3 saturated carbocycles. The Kier molecular flexibility index (Phi) is 35.2. The number of nitrogens with zero attached hydrogens (tertiary/aromatic N) is 2. The molecule has 0 heterocycles. The molecular weight excluding hydrogens is 1150 g/mol. The molecule has 2 radical (unpaired) electrons. The molecule has 0 spiro atoms. The molecule has 1 unspecified atom stereocenters. The maximum absolute atomic E-state index is 2.40. The van der Waals surface area contributed by atoms with E-state index in [2.05, 4.69) is 308 Å². The van der Waals surface area contributed by atoms with E-state index in [9.17, 15) is 0 Å². The summed E-state index contributed by atoms with van der Waals surface area (Å²) in [5, 5.41) is 2.75. The molecule has 2 heteroatoms. The minimum atomic E-state index is 0.371. The molecule has 0 saturated heterocycles. The summed E-state index contributed by atoms with van der Waals surface area (Å²) in [5.41, 5.74) is 20.3. The lowest BCUT2D eigenvalue weighted by Gasteiger charge is -2.29. The van der Waals surface area contributed by atoms with Crippen LogP contribution >= 0.6 is 0 Å². The van der Waals surface area contributed by atoms with E-state index in [1.165, 1.54) is 192 Å². The minimum absolute atomic E-state index is 0.371. The van der Waals surface area contributed by atoms with Gasteiger partial charge in [0.15, 0.2) is 0 Å². The molecule has 0 aromatic heterocycles. The van der Waals surface area contributed by atoms with Gasteiger partial charge in [0, 0.05) is 49.6 Å². The summed E-state index contributed by atoms with van der Waals surface area (Å²) >= 11 is 0. The van der Waals surface area contributed by atoms with Crippen molar-refractivity contribution in [3.05, 3.63) is 330 Å². The number of hydrogen-bond acceptors (Lipinski definition) is 2. The molecule has 14 rings (SSSR count). The Morgan fingerprint density at radius 3 is 1.35 bits per heavy atom. The van der Waals surface area contributed by atoms with Crippen LogP contribution < -0.4 is 9.80 Å². The third-order valence-electron chi connectivity index (χ3n) is 18.1. The number of hydrogen-bond donors (Lipinski definition) is 0. The summed E-state index contributed by atoms with van der Waals surface area (Å²) in [6.45, 7) is 18.8. The molecule has 0 aliphatic heterocycles. The van der Waals surface area contributed by atoms with Gasteiger partial charge in [0.2, 0.25) is 0 Å². The van der Waals surface area contributed by atoms with Gasteiger partial charge in [-0.2, -0.15) is 0 Å². The first-order chi connectivity index (χ1) is 46.6. The number of likely N-dealkylation sites (N-methyl/N-ethyl adjacent to an activating group) is 1. The number of para-hydroxylation sites is 3. The number of anilines is 3. The highest BCUT2D eigenvalue weighted by Crippen LogP contribution is 2.37. The molecule has 95 heavy (non-hydrogen) atoms. The highest BCUT2D eigenvalue weighted by molar-refractivity contribution is 5.88. The Morgan fingerprint density at radius 2 is 0.811 bits per heavy atom. The smallest absolute Gasteiger partial charge is 0.0542 e. The van der Waals surface area contributed by atoms with Gasteiger partial charge in [0.05, 0.1) is 6.04 Å². The number of allylic oxidation sites excluding steroid dienone is 8. The Hall–Kier alpha value is -8.46. The molecule has 0 amide bonds. The van der Waals surface area contributed by atoms with E-state index in [1.807, 2.05) is 64.1 Å². The second kappa shape index (κ2) is 44.3. The third kappa shape index (κ3) is 25.7. The van der Waals surface area contributed by atoms with E-state index in [0.29, 0.717) is 6.04 Å². The molecule has 3 fully saturated rings. The average Bonchev–Trinajstić information content (AvgIpc) is 1.28. The summed E-state index contributed by atoms with van der Waals surface area (Å²) in [6, 6.07) is 81.1. The first kappa shape index (κ1) is 75.6. The van der Waals surface area contributed by atoms with Gasteiger partial charge >= 0.3 is 0 Å². The van der Waals surface area contributed by atoms with E-state index in [1.54, 1.807) is 5.57 Å². The van der Waals surface area contributed by atoms with Crippen molar-refractivity contribution in [2.45, 2.75) is 177 Å². The predicted molar refractivity (Wildman–Crippen MR) is 422 cm³/mol. The van der Waals surface area contributed by atoms with Crippen molar-refractivity contribution in [1.82, 2.24) is 0 Å². The van der Waals surface area contributed by atoms with Gasteiger partial charge < -0.3 is 9.80 Å². The van der Waals surface area contributed by atoms with Crippen LogP contribution in [-0.4, -0.2) is 20.1 Å². The fourth-order valence-corrected chi connectivity index (χ4v) is 12.8. The monoisotopic (exact) mass is 1260 g/mol. The highest BCUT2D eigenvalue weighted by atomic mass is 15.1. The van der Waals surface area contributed by atoms with Crippen molar-refractivity contribution < 1.29 is 0 Å². The Labute approximate surface area is 578 Å². The predicted octanol–water partition coefficient (Wildman–Crippen LogP) is 27.5. The molecule has 9 aromatic rings. The second-order valence-corrected chi connectivity index (χ2v) is 24.9. The zero-order valence-corrected chi connectivity index (χ0v) is 60.0. The number of benzene rings is 9. The summed E-state index contributed by atoms with van der Waals surface area (Å²) in [4.78, 5) is 4.55. The summed E-state index contributed by atoms with van der Waals surface area (Å²) in [5.74, 6) is 0.809. The summed E-state index contributed by atoms with van der Waals surface area (Å²) in [6.07, 6.45) is 42.4. The van der Waals surface area contributed by atoms with E-state index in [4.69, 9.17) is 0 Å². The SMILES string of the molecule is C1CCCCC1.CC.CC.CC1=C2[CH]C(=CC=C1)CCCCC2.Cc1cccc2cccc(C)c12.Cc1ccccc1N(C)C1[CH]C=CC=C1.Cc1ccccc1N(C)c1ccccc1-c1ccccc1.c1ccc(-c2ccc(C3CCCCC3)cc2)cc1.c1ccccc1. The fraction of sp³-hybridized carbons (Fsp3) is 0.312. The van der Waals surface area contributed by atoms with E-state index >= 15 is 0 Å². The van der Waals surface area contributed by atoms with E-state index in [0.717, 1.165) is 5.92 Å². The Morgan fingerprint density at radius 1 is 0.358 bits per heavy atom. The van der Waals surface area contributed by atoms with Gasteiger partial charge in [0.1, 0.15) is 0 Å². The van der Waals surface area contributed by atoms with Crippen molar-refractivity contribution in [3.8, 4) is 22.3 Å². The molecule has 5 aliphatic rings. The van der Waals surface area contributed by atoms with Crippen molar-refractivity contribution in [1.29, 1.82) is 0 Å².